The van der Waals surface area contributed by atoms with Crippen LogP contribution >= 0.6 is 0 Å². The van der Waals surface area contributed by atoms with Crippen LogP contribution in [-0.4, -0.2) is 36.3 Å². The number of aryl methyl sites for hydroxylation is 1. The zero-order chi connectivity index (χ0) is 21.4. The lowest BCUT2D eigenvalue weighted by atomic mass is 10.00. The number of anilines is 2. The molecule has 0 spiro atoms. The van der Waals surface area contributed by atoms with Gasteiger partial charge in [0.25, 0.3) is 5.56 Å². The molecule has 4 aromatic rings. The number of benzene rings is 2. The number of nitrogens with one attached hydrogen (secondary N) is 1. The zero-order valence-corrected chi connectivity index (χ0v) is 17.4. The van der Waals surface area contributed by atoms with E-state index in [1.807, 2.05) is 25.1 Å². The normalized spacial score (nSPS) is 14.2. The number of nitrogens with two attached hydrogens (primary N) is 1. The molecule has 156 valence electrons. The highest BCUT2D eigenvalue weighted by Gasteiger charge is 2.13. The number of aromatic nitrogens is 2. The van der Waals surface area contributed by atoms with Gasteiger partial charge in [-0.25, -0.2) is 4.98 Å². The molecule has 2 aromatic heterocycles. The van der Waals surface area contributed by atoms with Crippen molar-refractivity contribution in [2.75, 3.05) is 36.9 Å². The first-order valence-electron chi connectivity index (χ1n) is 10.4. The Balaban J connectivity index is 1.52. The summed E-state index contributed by atoms with van der Waals surface area (Å²) in [6, 6.07) is 18.5. The third-order valence-electron chi connectivity index (χ3n) is 5.82. The SMILES string of the molecule is Cc1cc(-c2ccc3nc(N)c(-c4ccc(N5CCOCC5)cc4)cc3c2)c[nH]c1=O. The Morgan fingerprint density at radius 2 is 1.71 bits per heavy atom. The molecule has 1 aliphatic heterocycles. The molecule has 1 fully saturated rings. The molecule has 1 saturated heterocycles. The van der Waals surface area contributed by atoms with Gasteiger partial charge in [0, 0.05) is 41.5 Å². The van der Waals surface area contributed by atoms with Crippen molar-refractivity contribution < 1.29 is 4.74 Å². The molecular weight excluding hydrogens is 388 g/mol. The van der Waals surface area contributed by atoms with E-state index in [0.29, 0.717) is 11.4 Å². The van der Waals surface area contributed by atoms with Crippen LogP contribution < -0.4 is 16.2 Å². The molecule has 6 nitrogen and oxygen atoms in total. The number of hydrogen-bond acceptors (Lipinski definition) is 5. The van der Waals surface area contributed by atoms with E-state index < -0.39 is 0 Å². The molecule has 0 atom stereocenters. The van der Waals surface area contributed by atoms with Crippen molar-refractivity contribution in [3.8, 4) is 22.3 Å². The first-order valence-corrected chi connectivity index (χ1v) is 10.4. The maximum absolute atomic E-state index is 11.7. The molecule has 0 amide bonds. The summed E-state index contributed by atoms with van der Waals surface area (Å²) in [7, 11) is 0. The Bertz CT molecular complexity index is 1310. The second kappa shape index (κ2) is 7.89. The number of pyridine rings is 2. The van der Waals surface area contributed by atoms with E-state index >= 15 is 0 Å². The van der Waals surface area contributed by atoms with Crippen molar-refractivity contribution in [2.45, 2.75) is 6.92 Å². The van der Waals surface area contributed by atoms with Crippen LogP contribution in [0, 0.1) is 6.92 Å². The lowest BCUT2D eigenvalue weighted by Gasteiger charge is -2.29. The standard InChI is InChI=1S/C25H24N4O2/c1-16-12-20(15-27-25(16)30)18-4-7-23-19(13-18)14-22(24(26)28-23)17-2-5-21(6-3-17)29-8-10-31-11-9-29/h2-7,12-15H,8-11H2,1H3,(H2,26,28)(H,27,30). The van der Waals surface area contributed by atoms with Gasteiger partial charge in [0.05, 0.1) is 18.7 Å². The van der Waals surface area contributed by atoms with Gasteiger partial charge in [-0.05, 0) is 60.0 Å². The first-order chi connectivity index (χ1) is 15.1. The van der Waals surface area contributed by atoms with Gasteiger partial charge in [-0.2, -0.15) is 0 Å². The van der Waals surface area contributed by atoms with Crippen molar-refractivity contribution in [3.63, 3.8) is 0 Å². The summed E-state index contributed by atoms with van der Waals surface area (Å²) in [4.78, 5) is 21.4. The molecule has 3 N–H and O–H groups in total. The summed E-state index contributed by atoms with van der Waals surface area (Å²) in [6.45, 7) is 5.16. The summed E-state index contributed by atoms with van der Waals surface area (Å²) < 4.78 is 5.44. The van der Waals surface area contributed by atoms with E-state index in [4.69, 9.17) is 10.5 Å². The maximum Gasteiger partial charge on any atom is 0.250 e. The largest absolute Gasteiger partial charge is 0.383 e. The highest BCUT2D eigenvalue weighted by atomic mass is 16.5. The predicted octanol–water partition coefficient (Wildman–Crippen LogP) is 3.98. The van der Waals surface area contributed by atoms with Gasteiger partial charge in [-0.3, -0.25) is 4.79 Å². The molecule has 3 heterocycles. The van der Waals surface area contributed by atoms with Gasteiger partial charge < -0.3 is 20.4 Å². The van der Waals surface area contributed by atoms with E-state index in [1.54, 1.807) is 6.20 Å². The monoisotopic (exact) mass is 412 g/mol. The molecule has 31 heavy (non-hydrogen) atoms. The summed E-state index contributed by atoms with van der Waals surface area (Å²) in [5.74, 6) is 0.513. The molecule has 1 aliphatic rings. The number of fused-ring (bicyclic) bond motifs is 1. The Morgan fingerprint density at radius 3 is 2.45 bits per heavy atom. The minimum absolute atomic E-state index is 0.0678. The van der Waals surface area contributed by atoms with Crippen molar-refractivity contribution in [1.82, 2.24) is 9.97 Å². The molecule has 0 saturated carbocycles. The van der Waals surface area contributed by atoms with E-state index in [-0.39, 0.29) is 5.56 Å². The number of rotatable bonds is 3. The summed E-state index contributed by atoms with van der Waals surface area (Å²) in [5, 5.41) is 1.00. The first kappa shape index (κ1) is 19.3. The van der Waals surface area contributed by atoms with Crippen molar-refractivity contribution >= 4 is 22.4 Å². The molecule has 0 bridgehead atoms. The molecular formula is C25H24N4O2. The summed E-state index contributed by atoms with van der Waals surface area (Å²) in [6.07, 6.45) is 1.74. The van der Waals surface area contributed by atoms with E-state index in [2.05, 4.69) is 51.3 Å². The number of ether oxygens (including phenoxy) is 1. The Kier molecular flexibility index (Phi) is 4.92. The number of nitrogen functional groups attached to an aromatic ring is 1. The van der Waals surface area contributed by atoms with Crippen LogP contribution in [0.1, 0.15) is 5.56 Å². The number of nitrogens with zero attached hydrogens (tertiary/aromatic N) is 2. The fraction of sp³-hybridized carbons (Fsp3) is 0.200. The van der Waals surface area contributed by atoms with E-state index in [9.17, 15) is 4.79 Å². The molecule has 0 aliphatic carbocycles. The molecule has 2 aromatic carbocycles. The van der Waals surface area contributed by atoms with Gasteiger partial charge in [-0.1, -0.05) is 18.2 Å². The second-order valence-electron chi connectivity index (χ2n) is 7.88. The Hall–Kier alpha value is -3.64. The molecule has 0 unspecified atom stereocenters. The summed E-state index contributed by atoms with van der Waals surface area (Å²) >= 11 is 0. The van der Waals surface area contributed by atoms with Gasteiger partial charge in [0.1, 0.15) is 5.82 Å². The second-order valence-corrected chi connectivity index (χ2v) is 7.88. The van der Waals surface area contributed by atoms with Crippen LogP contribution in [0.2, 0.25) is 0 Å². The number of H-pyrrole nitrogens is 1. The quantitative estimate of drug-likeness (QED) is 0.532. The average Bonchev–Trinajstić information content (AvgIpc) is 2.81. The van der Waals surface area contributed by atoms with Gasteiger partial charge in [0.2, 0.25) is 0 Å². The fourth-order valence-electron chi connectivity index (χ4n) is 4.04. The number of hydrogen-bond donors (Lipinski definition) is 2. The van der Waals surface area contributed by atoms with Crippen LogP contribution in [0.4, 0.5) is 11.5 Å². The van der Waals surface area contributed by atoms with Gasteiger partial charge in [0.15, 0.2) is 0 Å². The minimum Gasteiger partial charge on any atom is -0.383 e. The van der Waals surface area contributed by atoms with Crippen LogP contribution in [0.5, 0.6) is 0 Å². The predicted molar refractivity (Wildman–Crippen MR) is 125 cm³/mol. The Morgan fingerprint density at radius 1 is 0.968 bits per heavy atom. The molecule has 6 heteroatoms. The molecule has 0 radical (unpaired) electrons. The van der Waals surface area contributed by atoms with Crippen LogP contribution in [-0.2, 0) is 4.74 Å². The van der Waals surface area contributed by atoms with Crippen LogP contribution in [0.25, 0.3) is 33.2 Å². The van der Waals surface area contributed by atoms with Crippen molar-refractivity contribution in [2.24, 2.45) is 0 Å². The smallest absolute Gasteiger partial charge is 0.250 e. The average molecular weight is 412 g/mol. The van der Waals surface area contributed by atoms with Crippen LogP contribution in [0.3, 0.4) is 0 Å². The fourth-order valence-corrected chi connectivity index (χ4v) is 4.04. The van der Waals surface area contributed by atoms with Crippen LogP contribution in [0.15, 0.2) is 65.6 Å². The minimum atomic E-state index is -0.0678. The van der Waals surface area contributed by atoms with Crippen molar-refractivity contribution in [3.05, 3.63) is 76.7 Å². The van der Waals surface area contributed by atoms with Crippen molar-refractivity contribution in [1.29, 1.82) is 0 Å². The third-order valence-corrected chi connectivity index (χ3v) is 5.82. The topological polar surface area (TPSA) is 84.2 Å². The van der Waals surface area contributed by atoms with E-state index in [0.717, 1.165) is 59.5 Å². The lowest BCUT2D eigenvalue weighted by molar-refractivity contribution is 0.122. The van der Waals surface area contributed by atoms with Gasteiger partial charge in [-0.15, -0.1) is 0 Å². The number of morpholine rings is 1. The third kappa shape index (κ3) is 3.78. The lowest BCUT2D eigenvalue weighted by Crippen LogP contribution is -2.36. The summed E-state index contributed by atoms with van der Waals surface area (Å²) in [5.41, 5.74) is 12.9. The Labute approximate surface area is 180 Å². The zero-order valence-electron chi connectivity index (χ0n) is 17.4. The number of aromatic amines is 1. The maximum atomic E-state index is 11.7. The van der Waals surface area contributed by atoms with Gasteiger partial charge >= 0.3 is 0 Å². The molecule has 5 rings (SSSR count). The highest BCUT2D eigenvalue weighted by Crippen LogP contribution is 2.32. The van der Waals surface area contributed by atoms with E-state index in [1.165, 1.54) is 5.69 Å². The highest BCUT2D eigenvalue weighted by molar-refractivity contribution is 5.91.